The molecule has 5 nitrogen and oxygen atoms in total. The third kappa shape index (κ3) is 3.48. The number of methoxy groups -OCH3 is 1. The van der Waals surface area contributed by atoms with Crippen LogP contribution in [-0.4, -0.2) is 38.1 Å². The standard InChI is InChI=1S/C18H24N2O3S/c1-12-10-16(15-8-5-9-17(23-2)18(15)19-12)20-13-6-4-7-14(11-13)24(3,21)22/h5,8-10,13-14H,4,6-7,11H2,1-3H3,(H,19,20). The lowest BCUT2D eigenvalue weighted by atomic mass is 9.94. The lowest BCUT2D eigenvalue weighted by molar-refractivity contribution is 0.419. The van der Waals surface area contributed by atoms with Crippen LogP contribution in [0.15, 0.2) is 24.3 Å². The van der Waals surface area contributed by atoms with Crippen LogP contribution in [0.2, 0.25) is 0 Å². The summed E-state index contributed by atoms with van der Waals surface area (Å²) in [5.41, 5.74) is 2.73. The van der Waals surface area contributed by atoms with E-state index in [4.69, 9.17) is 4.74 Å². The van der Waals surface area contributed by atoms with E-state index in [0.717, 1.165) is 47.3 Å². The molecule has 1 aromatic heterocycles. The molecule has 1 aliphatic carbocycles. The van der Waals surface area contributed by atoms with Crippen molar-refractivity contribution in [2.45, 2.75) is 43.9 Å². The zero-order chi connectivity index (χ0) is 17.3. The van der Waals surface area contributed by atoms with Gasteiger partial charge in [0.15, 0.2) is 0 Å². The van der Waals surface area contributed by atoms with Gasteiger partial charge in [-0.05, 0) is 38.3 Å². The molecule has 2 aromatic rings. The van der Waals surface area contributed by atoms with Crippen molar-refractivity contribution in [3.8, 4) is 5.75 Å². The van der Waals surface area contributed by atoms with E-state index in [2.05, 4.69) is 10.3 Å². The molecule has 1 aliphatic rings. The molecule has 0 spiro atoms. The number of aryl methyl sites for hydroxylation is 1. The minimum atomic E-state index is -2.98. The first-order valence-corrected chi connectivity index (χ1v) is 10.2. The molecule has 1 aromatic carbocycles. The van der Waals surface area contributed by atoms with Gasteiger partial charge >= 0.3 is 0 Å². The summed E-state index contributed by atoms with van der Waals surface area (Å²) in [6, 6.07) is 8.05. The van der Waals surface area contributed by atoms with Crippen molar-refractivity contribution < 1.29 is 13.2 Å². The third-order valence-corrected chi connectivity index (χ3v) is 6.38. The maximum atomic E-state index is 11.9. The summed E-state index contributed by atoms with van der Waals surface area (Å²) in [5, 5.41) is 4.32. The predicted octanol–water partition coefficient (Wildman–Crippen LogP) is 3.32. The summed E-state index contributed by atoms with van der Waals surface area (Å²) >= 11 is 0. The predicted molar refractivity (Wildman–Crippen MR) is 97.5 cm³/mol. The maximum absolute atomic E-state index is 11.9. The number of fused-ring (bicyclic) bond motifs is 1. The Kier molecular flexibility index (Phi) is 4.67. The second-order valence-electron chi connectivity index (χ2n) is 6.63. The van der Waals surface area contributed by atoms with Crippen LogP contribution < -0.4 is 10.1 Å². The van der Waals surface area contributed by atoms with Crippen molar-refractivity contribution >= 4 is 26.4 Å². The highest BCUT2D eigenvalue weighted by Gasteiger charge is 2.29. The van der Waals surface area contributed by atoms with Crippen LogP contribution in [0.4, 0.5) is 5.69 Å². The number of sulfone groups is 1. The van der Waals surface area contributed by atoms with Gasteiger partial charge in [0.05, 0.1) is 12.4 Å². The van der Waals surface area contributed by atoms with Crippen LogP contribution in [0.1, 0.15) is 31.4 Å². The summed E-state index contributed by atoms with van der Waals surface area (Å²) in [5.74, 6) is 0.747. The fraction of sp³-hybridized carbons (Fsp3) is 0.500. The zero-order valence-electron chi connectivity index (χ0n) is 14.4. The molecule has 0 aliphatic heterocycles. The van der Waals surface area contributed by atoms with Gasteiger partial charge in [-0.1, -0.05) is 18.6 Å². The Hall–Kier alpha value is -1.82. The summed E-state index contributed by atoms with van der Waals surface area (Å²) in [6.45, 7) is 1.96. The lowest BCUT2D eigenvalue weighted by Gasteiger charge is -2.30. The molecule has 3 rings (SSSR count). The van der Waals surface area contributed by atoms with E-state index in [1.807, 2.05) is 31.2 Å². The lowest BCUT2D eigenvalue weighted by Crippen LogP contribution is -2.34. The number of aromatic nitrogens is 1. The normalized spacial score (nSPS) is 21.6. The summed E-state index contributed by atoms with van der Waals surface area (Å²) < 4.78 is 29.2. The molecule has 24 heavy (non-hydrogen) atoms. The number of nitrogens with zero attached hydrogens (tertiary/aromatic N) is 1. The first kappa shape index (κ1) is 17.0. The quantitative estimate of drug-likeness (QED) is 0.918. The third-order valence-electron chi connectivity index (χ3n) is 4.74. The minimum Gasteiger partial charge on any atom is -0.494 e. The number of hydrogen-bond acceptors (Lipinski definition) is 5. The number of pyridine rings is 1. The monoisotopic (exact) mass is 348 g/mol. The molecule has 0 radical (unpaired) electrons. The molecule has 0 amide bonds. The second kappa shape index (κ2) is 6.59. The van der Waals surface area contributed by atoms with Gasteiger partial charge in [-0.15, -0.1) is 0 Å². The number of rotatable bonds is 4. The first-order valence-electron chi connectivity index (χ1n) is 8.28. The number of para-hydroxylation sites is 1. The highest BCUT2D eigenvalue weighted by molar-refractivity contribution is 7.91. The number of ether oxygens (including phenoxy) is 1. The van der Waals surface area contributed by atoms with Gasteiger partial charge in [0, 0.05) is 29.1 Å². The fourth-order valence-corrected chi connectivity index (χ4v) is 4.70. The van der Waals surface area contributed by atoms with Crippen LogP contribution in [0.5, 0.6) is 5.75 Å². The van der Waals surface area contributed by atoms with E-state index >= 15 is 0 Å². The van der Waals surface area contributed by atoms with E-state index in [1.54, 1.807) is 7.11 Å². The Morgan fingerprint density at radius 2 is 2.08 bits per heavy atom. The van der Waals surface area contributed by atoms with Crippen molar-refractivity contribution in [3.05, 3.63) is 30.0 Å². The first-order chi connectivity index (χ1) is 11.4. The molecule has 1 N–H and O–H groups in total. The van der Waals surface area contributed by atoms with Gasteiger partial charge in [-0.25, -0.2) is 13.4 Å². The van der Waals surface area contributed by atoms with Crippen molar-refractivity contribution in [1.82, 2.24) is 4.98 Å². The molecule has 1 heterocycles. The van der Waals surface area contributed by atoms with E-state index in [9.17, 15) is 8.42 Å². The van der Waals surface area contributed by atoms with Crippen LogP contribution in [0.3, 0.4) is 0 Å². The molecule has 2 atom stereocenters. The van der Waals surface area contributed by atoms with Crippen LogP contribution >= 0.6 is 0 Å². The summed E-state index contributed by atoms with van der Waals surface area (Å²) in [6.07, 6.45) is 4.68. The van der Waals surface area contributed by atoms with E-state index in [1.165, 1.54) is 6.26 Å². The zero-order valence-corrected chi connectivity index (χ0v) is 15.2. The van der Waals surface area contributed by atoms with Gasteiger partial charge in [0.25, 0.3) is 0 Å². The molecule has 130 valence electrons. The molecular weight excluding hydrogens is 324 g/mol. The Morgan fingerprint density at radius 1 is 1.29 bits per heavy atom. The minimum absolute atomic E-state index is 0.162. The molecule has 2 unspecified atom stereocenters. The number of anilines is 1. The smallest absolute Gasteiger partial charge is 0.150 e. The van der Waals surface area contributed by atoms with Crippen LogP contribution in [-0.2, 0) is 9.84 Å². The summed E-state index contributed by atoms with van der Waals surface area (Å²) in [4.78, 5) is 4.59. The Balaban J connectivity index is 1.93. The van der Waals surface area contributed by atoms with Crippen molar-refractivity contribution in [2.75, 3.05) is 18.7 Å². The molecule has 0 saturated heterocycles. The van der Waals surface area contributed by atoms with E-state index in [0.29, 0.717) is 6.42 Å². The number of hydrogen-bond donors (Lipinski definition) is 1. The Morgan fingerprint density at radius 3 is 2.79 bits per heavy atom. The highest BCUT2D eigenvalue weighted by atomic mass is 32.2. The molecule has 1 fully saturated rings. The van der Waals surface area contributed by atoms with Crippen molar-refractivity contribution in [2.24, 2.45) is 0 Å². The molecular formula is C18H24N2O3S. The summed E-state index contributed by atoms with van der Waals surface area (Å²) in [7, 11) is -1.34. The molecule has 1 saturated carbocycles. The largest absolute Gasteiger partial charge is 0.494 e. The van der Waals surface area contributed by atoms with E-state index in [-0.39, 0.29) is 11.3 Å². The van der Waals surface area contributed by atoms with Crippen LogP contribution in [0.25, 0.3) is 10.9 Å². The van der Waals surface area contributed by atoms with Gasteiger partial charge in [-0.2, -0.15) is 0 Å². The number of nitrogens with one attached hydrogen (secondary N) is 1. The molecule has 6 heteroatoms. The highest BCUT2D eigenvalue weighted by Crippen LogP contribution is 2.32. The Bertz CT molecular complexity index is 849. The van der Waals surface area contributed by atoms with Crippen molar-refractivity contribution in [1.29, 1.82) is 0 Å². The second-order valence-corrected chi connectivity index (χ2v) is 8.95. The van der Waals surface area contributed by atoms with Gasteiger partial charge in [0.1, 0.15) is 21.1 Å². The maximum Gasteiger partial charge on any atom is 0.150 e. The molecule has 0 bridgehead atoms. The SMILES string of the molecule is COc1cccc2c(NC3CCCC(S(C)(=O)=O)C3)cc(C)nc12. The Labute approximate surface area is 143 Å². The fourth-order valence-electron chi connectivity index (χ4n) is 3.52. The average molecular weight is 348 g/mol. The van der Waals surface area contributed by atoms with Crippen molar-refractivity contribution in [3.63, 3.8) is 0 Å². The van der Waals surface area contributed by atoms with Gasteiger partial charge in [0.2, 0.25) is 0 Å². The average Bonchev–Trinajstić information content (AvgIpc) is 2.53. The van der Waals surface area contributed by atoms with Crippen LogP contribution in [0, 0.1) is 6.92 Å². The van der Waals surface area contributed by atoms with Gasteiger partial charge < -0.3 is 10.1 Å². The topological polar surface area (TPSA) is 68.3 Å². The number of benzene rings is 1. The van der Waals surface area contributed by atoms with Gasteiger partial charge in [-0.3, -0.25) is 0 Å². The van der Waals surface area contributed by atoms with E-state index < -0.39 is 9.84 Å².